The van der Waals surface area contributed by atoms with Crippen LogP contribution in [0.5, 0.6) is 0 Å². The summed E-state index contributed by atoms with van der Waals surface area (Å²) in [6, 6.07) is 4.48. The van der Waals surface area contributed by atoms with Crippen LogP contribution in [0.2, 0.25) is 0 Å². The van der Waals surface area contributed by atoms with Gasteiger partial charge in [-0.05, 0) is 18.9 Å². The number of methoxy groups -OCH3 is 1. The van der Waals surface area contributed by atoms with E-state index in [4.69, 9.17) is 4.74 Å². The van der Waals surface area contributed by atoms with Gasteiger partial charge in [0.1, 0.15) is 0 Å². The molecule has 0 aliphatic heterocycles. The molecule has 1 aromatic rings. The predicted octanol–water partition coefficient (Wildman–Crippen LogP) is 5.19. The first-order chi connectivity index (χ1) is 10.1. The van der Waals surface area contributed by atoms with E-state index in [1.807, 2.05) is 7.11 Å². The number of unbranched alkanes of at least 4 members (excludes halogenated alkanes) is 6. The minimum absolute atomic E-state index is 0.182. The Morgan fingerprint density at radius 2 is 1.43 bits per heavy atom. The summed E-state index contributed by atoms with van der Waals surface area (Å²) in [4.78, 5) is 0. The lowest BCUT2D eigenvalue weighted by Crippen LogP contribution is -2.46. The Hall–Kier alpha value is -0.890. The fraction of sp³-hybridized carbons (Fsp3) is 0.737. The summed E-state index contributed by atoms with van der Waals surface area (Å²) in [7, 11) is 1.83. The van der Waals surface area contributed by atoms with Crippen LogP contribution >= 0.6 is 0 Å². The molecule has 1 aromatic heterocycles. The maximum absolute atomic E-state index is 5.75. The number of hydrogen-bond donors (Lipinski definition) is 0. The molecule has 0 bridgehead atoms. The Balaban J connectivity index is 2.45. The number of aryl methyl sites for hydroxylation is 3. The van der Waals surface area contributed by atoms with E-state index in [0.29, 0.717) is 0 Å². The monoisotopic (exact) mass is 292 g/mol. The van der Waals surface area contributed by atoms with Gasteiger partial charge in [0.15, 0.2) is 11.4 Å². The lowest BCUT2D eigenvalue weighted by molar-refractivity contribution is -0.771. The molecule has 0 radical (unpaired) electrons. The molecule has 1 atom stereocenters. The van der Waals surface area contributed by atoms with E-state index < -0.39 is 0 Å². The number of rotatable bonds is 10. The first-order valence-corrected chi connectivity index (χ1v) is 8.62. The zero-order chi connectivity index (χ0) is 15.7. The average Bonchev–Trinajstić information content (AvgIpc) is 2.43. The zero-order valence-electron chi connectivity index (χ0n) is 14.7. The van der Waals surface area contributed by atoms with Crippen LogP contribution in [-0.2, 0) is 4.74 Å². The molecule has 21 heavy (non-hydrogen) atoms. The summed E-state index contributed by atoms with van der Waals surface area (Å²) in [6.45, 7) is 8.78. The molecule has 0 aromatic carbocycles. The summed E-state index contributed by atoms with van der Waals surface area (Å²) in [5, 5.41) is 0. The van der Waals surface area contributed by atoms with Crippen LogP contribution in [-0.4, -0.2) is 7.11 Å². The second-order valence-electron chi connectivity index (χ2n) is 6.29. The number of hydrogen-bond acceptors (Lipinski definition) is 1. The molecule has 120 valence electrons. The van der Waals surface area contributed by atoms with E-state index in [1.165, 1.54) is 61.9 Å². The number of ether oxygens (including phenoxy) is 1. The molecule has 0 aliphatic rings. The molecule has 0 saturated heterocycles. The van der Waals surface area contributed by atoms with Crippen molar-refractivity contribution in [2.24, 2.45) is 0 Å². The van der Waals surface area contributed by atoms with Crippen molar-refractivity contribution in [3.05, 3.63) is 29.1 Å². The van der Waals surface area contributed by atoms with E-state index in [0.717, 1.165) is 6.42 Å². The van der Waals surface area contributed by atoms with Crippen molar-refractivity contribution in [1.29, 1.82) is 0 Å². The first kappa shape index (κ1) is 18.2. The SMILES string of the molecule is CCCCCCCCCC(OC)[n+]1c(C)cc(C)cc1C. The van der Waals surface area contributed by atoms with Crippen molar-refractivity contribution >= 4 is 0 Å². The largest absolute Gasteiger partial charge is 0.324 e. The van der Waals surface area contributed by atoms with Crippen molar-refractivity contribution < 1.29 is 9.30 Å². The van der Waals surface area contributed by atoms with E-state index >= 15 is 0 Å². The van der Waals surface area contributed by atoms with Crippen LogP contribution < -0.4 is 4.57 Å². The van der Waals surface area contributed by atoms with Gasteiger partial charge in [-0.2, -0.15) is 4.57 Å². The lowest BCUT2D eigenvalue weighted by atomic mass is 10.1. The topological polar surface area (TPSA) is 13.1 Å². The molecule has 1 rings (SSSR count). The second-order valence-corrected chi connectivity index (χ2v) is 6.29. The maximum atomic E-state index is 5.75. The molecule has 0 aliphatic carbocycles. The van der Waals surface area contributed by atoms with Crippen molar-refractivity contribution in [2.45, 2.75) is 85.3 Å². The van der Waals surface area contributed by atoms with Crippen molar-refractivity contribution in [1.82, 2.24) is 0 Å². The molecular weight excluding hydrogens is 258 g/mol. The van der Waals surface area contributed by atoms with Gasteiger partial charge in [0.05, 0.1) is 0 Å². The van der Waals surface area contributed by atoms with E-state index in [-0.39, 0.29) is 6.23 Å². The number of nitrogens with zero attached hydrogens (tertiary/aromatic N) is 1. The Bertz CT molecular complexity index is 391. The minimum Gasteiger partial charge on any atom is -0.324 e. The van der Waals surface area contributed by atoms with Gasteiger partial charge in [0.2, 0.25) is 0 Å². The Morgan fingerprint density at radius 3 is 1.95 bits per heavy atom. The third-order valence-electron chi connectivity index (χ3n) is 4.25. The Morgan fingerprint density at radius 1 is 0.905 bits per heavy atom. The van der Waals surface area contributed by atoms with Crippen molar-refractivity contribution in [3.8, 4) is 0 Å². The standard InChI is InChI=1S/C19H34NO/c1-6-7-8-9-10-11-12-13-19(21-5)20-17(3)14-16(2)15-18(20)4/h14-15,19H,6-13H2,1-5H3/q+1. The predicted molar refractivity (Wildman–Crippen MR) is 89.5 cm³/mol. The van der Waals surface area contributed by atoms with Crippen LogP contribution in [0.1, 0.15) is 81.5 Å². The first-order valence-electron chi connectivity index (χ1n) is 8.62. The fourth-order valence-corrected chi connectivity index (χ4v) is 3.20. The van der Waals surface area contributed by atoms with Crippen molar-refractivity contribution in [3.63, 3.8) is 0 Å². The van der Waals surface area contributed by atoms with Gasteiger partial charge in [-0.25, -0.2) is 0 Å². The summed E-state index contributed by atoms with van der Waals surface area (Å²) in [5.41, 5.74) is 3.91. The number of aromatic nitrogens is 1. The van der Waals surface area contributed by atoms with E-state index in [2.05, 4.69) is 44.4 Å². The molecule has 1 heterocycles. The van der Waals surface area contributed by atoms with Crippen LogP contribution in [0, 0.1) is 20.8 Å². The molecule has 0 N–H and O–H groups in total. The summed E-state index contributed by atoms with van der Waals surface area (Å²) < 4.78 is 8.08. The van der Waals surface area contributed by atoms with Crippen LogP contribution in [0.3, 0.4) is 0 Å². The highest BCUT2D eigenvalue weighted by Crippen LogP contribution is 2.16. The van der Waals surface area contributed by atoms with Gasteiger partial charge in [0.25, 0.3) is 6.23 Å². The van der Waals surface area contributed by atoms with Gasteiger partial charge in [-0.15, -0.1) is 0 Å². The molecule has 2 nitrogen and oxygen atoms in total. The molecular formula is C19H34NO+. The summed E-state index contributed by atoms with van der Waals surface area (Å²) >= 11 is 0. The summed E-state index contributed by atoms with van der Waals surface area (Å²) in [5.74, 6) is 0. The minimum atomic E-state index is 0.182. The normalized spacial score (nSPS) is 12.6. The van der Waals surface area contributed by atoms with Gasteiger partial charge < -0.3 is 4.74 Å². The third-order valence-corrected chi connectivity index (χ3v) is 4.25. The maximum Gasteiger partial charge on any atom is 0.262 e. The molecule has 2 heteroatoms. The van der Waals surface area contributed by atoms with Crippen LogP contribution in [0.4, 0.5) is 0 Å². The van der Waals surface area contributed by atoms with Gasteiger partial charge in [0, 0.05) is 39.5 Å². The smallest absolute Gasteiger partial charge is 0.262 e. The zero-order valence-corrected chi connectivity index (χ0v) is 14.7. The Labute approximate surface area is 131 Å². The highest BCUT2D eigenvalue weighted by atomic mass is 16.5. The van der Waals surface area contributed by atoms with Crippen LogP contribution in [0.15, 0.2) is 12.1 Å². The molecule has 0 spiro atoms. The lowest BCUT2D eigenvalue weighted by Gasteiger charge is -2.15. The fourth-order valence-electron chi connectivity index (χ4n) is 3.20. The number of pyridine rings is 1. The molecule has 1 unspecified atom stereocenters. The molecule has 0 amide bonds. The third kappa shape index (κ3) is 6.17. The van der Waals surface area contributed by atoms with E-state index in [9.17, 15) is 0 Å². The van der Waals surface area contributed by atoms with Gasteiger partial charge in [-0.3, -0.25) is 0 Å². The Kier molecular flexibility index (Phi) is 8.60. The average molecular weight is 292 g/mol. The quantitative estimate of drug-likeness (QED) is 0.427. The summed E-state index contributed by atoms with van der Waals surface area (Å²) in [6.07, 6.45) is 10.7. The van der Waals surface area contributed by atoms with Gasteiger partial charge in [-0.1, -0.05) is 45.4 Å². The molecule has 0 fully saturated rings. The highest BCUT2D eigenvalue weighted by Gasteiger charge is 2.22. The highest BCUT2D eigenvalue weighted by molar-refractivity contribution is 5.13. The van der Waals surface area contributed by atoms with E-state index in [1.54, 1.807) is 0 Å². The second kappa shape index (κ2) is 9.94. The van der Waals surface area contributed by atoms with Crippen molar-refractivity contribution in [2.75, 3.05) is 7.11 Å². The van der Waals surface area contributed by atoms with Gasteiger partial charge >= 0.3 is 0 Å². The van der Waals surface area contributed by atoms with Crippen LogP contribution in [0.25, 0.3) is 0 Å². The molecule has 0 saturated carbocycles.